The summed E-state index contributed by atoms with van der Waals surface area (Å²) in [5.41, 5.74) is 4.24. The predicted octanol–water partition coefficient (Wildman–Crippen LogP) is 2.29. The Kier molecular flexibility index (Phi) is 2.75. The zero-order chi connectivity index (χ0) is 10.8. The van der Waals surface area contributed by atoms with Gasteiger partial charge in [0.25, 0.3) is 0 Å². The van der Waals surface area contributed by atoms with E-state index in [2.05, 4.69) is 26.3 Å². The van der Waals surface area contributed by atoms with Crippen LogP contribution in [0.1, 0.15) is 0 Å². The van der Waals surface area contributed by atoms with E-state index in [1.807, 2.05) is 12.1 Å². The van der Waals surface area contributed by atoms with E-state index in [-0.39, 0.29) is 0 Å². The molecule has 1 aromatic carbocycles. The van der Waals surface area contributed by atoms with Crippen LogP contribution in [-0.2, 0) is 0 Å². The molecular formula is C10H10BrN3O. The fourth-order valence-corrected chi connectivity index (χ4v) is 1.93. The normalized spacial score (nSPS) is 10.3. The number of nitrogens with one attached hydrogen (secondary N) is 1. The molecule has 1 aromatic heterocycles. The van der Waals surface area contributed by atoms with Gasteiger partial charge in [-0.25, -0.2) is 0 Å². The summed E-state index contributed by atoms with van der Waals surface area (Å²) in [4.78, 5) is 4.28. The second-order valence-electron chi connectivity index (χ2n) is 2.98. The second kappa shape index (κ2) is 4.04. The Morgan fingerprint density at radius 1 is 1.40 bits per heavy atom. The van der Waals surface area contributed by atoms with Crippen molar-refractivity contribution in [1.29, 1.82) is 0 Å². The van der Waals surface area contributed by atoms with Crippen LogP contribution in [0.4, 0.5) is 5.69 Å². The van der Waals surface area contributed by atoms with E-state index in [0.29, 0.717) is 0 Å². The molecule has 0 atom stereocenters. The smallest absolute Gasteiger partial charge is 0.130 e. The molecule has 0 saturated heterocycles. The number of nitrogen functional groups attached to an aromatic ring is 1. The first-order valence-corrected chi connectivity index (χ1v) is 5.15. The topological polar surface area (TPSA) is 60.2 Å². The summed E-state index contributed by atoms with van der Waals surface area (Å²) < 4.78 is 6.18. The lowest BCUT2D eigenvalue weighted by molar-refractivity contribution is 0.420. The first-order chi connectivity index (χ1) is 7.27. The Labute approximate surface area is 95.5 Å². The fraction of sp³-hybridized carbons (Fsp3) is 0.100. The van der Waals surface area contributed by atoms with E-state index in [1.165, 1.54) is 0 Å². The molecule has 0 saturated carbocycles. The number of methoxy groups -OCH3 is 1. The van der Waals surface area contributed by atoms with Crippen molar-refractivity contribution in [1.82, 2.24) is 4.98 Å². The van der Waals surface area contributed by atoms with Crippen LogP contribution in [0.15, 0.2) is 28.9 Å². The second-order valence-corrected chi connectivity index (χ2v) is 3.83. The molecule has 15 heavy (non-hydrogen) atoms. The summed E-state index contributed by atoms with van der Waals surface area (Å²) in [7, 11) is 1.62. The summed E-state index contributed by atoms with van der Waals surface area (Å²) in [6.07, 6.45) is 1.70. The van der Waals surface area contributed by atoms with Crippen molar-refractivity contribution in [2.45, 2.75) is 0 Å². The lowest BCUT2D eigenvalue weighted by atomic mass is 10.1. The number of anilines is 1. The molecular weight excluding hydrogens is 258 g/mol. The van der Waals surface area contributed by atoms with Crippen LogP contribution in [0, 0.1) is 0 Å². The van der Waals surface area contributed by atoms with Gasteiger partial charge < -0.3 is 10.2 Å². The van der Waals surface area contributed by atoms with Crippen LogP contribution in [0.5, 0.6) is 5.75 Å². The third-order valence-electron chi connectivity index (χ3n) is 2.18. The Morgan fingerprint density at radius 3 is 2.87 bits per heavy atom. The highest BCUT2D eigenvalue weighted by Crippen LogP contribution is 2.34. The summed E-state index contributed by atoms with van der Waals surface area (Å²) in [6, 6.07) is 5.57. The average Bonchev–Trinajstić information content (AvgIpc) is 2.29. The number of pyridine rings is 1. The molecule has 78 valence electrons. The number of nitrogens with zero attached hydrogens (tertiary/aromatic N) is 1. The molecule has 0 amide bonds. The number of ether oxygens (including phenoxy) is 1. The van der Waals surface area contributed by atoms with E-state index in [1.54, 1.807) is 19.4 Å². The van der Waals surface area contributed by atoms with Crippen LogP contribution >= 0.6 is 15.9 Å². The number of hydrazine groups is 1. The van der Waals surface area contributed by atoms with Crippen LogP contribution in [0.25, 0.3) is 10.9 Å². The minimum absolute atomic E-state index is 0.745. The van der Waals surface area contributed by atoms with Gasteiger partial charge >= 0.3 is 0 Å². The van der Waals surface area contributed by atoms with Gasteiger partial charge in [0.2, 0.25) is 0 Å². The number of fused-ring (bicyclic) bond motifs is 1. The van der Waals surface area contributed by atoms with Gasteiger partial charge in [-0.1, -0.05) is 0 Å². The third-order valence-corrected chi connectivity index (χ3v) is 2.82. The maximum atomic E-state index is 5.44. The number of nitrogens with two attached hydrogens (primary N) is 1. The zero-order valence-corrected chi connectivity index (χ0v) is 9.71. The van der Waals surface area contributed by atoms with Crippen LogP contribution in [0.2, 0.25) is 0 Å². The molecule has 0 radical (unpaired) electrons. The van der Waals surface area contributed by atoms with Gasteiger partial charge in [0.15, 0.2) is 0 Å². The quantitative estimate of drug-likeness (QED) is 0.648. The number of hydrogen-bond acceptors (Lipinski definition) is 4. The highest BCUT2D eigenvalue weighted by molar-refractivity contribution is 9.10. The van der Waals surface area contributed by atoms with Gasteiger partial charge in [0.05, 0.1) is 23.7 Å². The summed E-state index contributed by atoms with van der Waals surface area (Å²) in [5.74, 6) is 6.19. The molecule has 0 spiro atoms. The minimum atomic E-state index is 0.745. The SMILES string of the molecule is COc1ccc(Br)c2nccc(NN)c12. The highest BCUT2D eigenvalue weighted by atomic mass is 79.9. The molecule has 0 aliphatic rings. The Hall–Kier alpha value is -1.33. The summed E-state index contributed by atoms with van der Waals surface area (Å²) in [6.45, 7) is 0. The van der Waals surface area contributed by atoms with Gasteiger partial charge in [-0.3, -0.25) is 10.8 Å². The number of hydrogen-bond donors (Lipinski definition) is 2. The van der Waals surface area contributed by atoms with Crippen molar-refractivity contribution in [3.63, 3.8) is 0 Å². The van der Waals surface area contributed by atoms with Gasteiger partial charge in [-0.2, -0.15) is 0 Å². The fourth-order valence-electron chi connectivity index (χ4n) is 1.49. The molecule has 0 aliphatic carbocycles. The number of aromatic nitrogens is 1. The third kappa shape index (κ3) is 1.64. The van der Waals surface area contributed by atoms with Crippen LogP contribution < -0.4 is 16.0 Å². The van der Waals surface area contributed by atoms with Gasteiger partial charge in [-0.05, 0) is 34.1 Å². The van der Waals surface area contributed by atoms with Crippen molar-refractivity contribution >= 4 is 32.5 Å². The van der Waals surface area contributed by atoms with E-state index in [9.17, 15) is 0 Å². The van der Waals surface area contributed by atoms with Gasteiger partial charge in [-0.15, -0.1) is 0 Å². The zero-order valence-electron chi connectivity index (χ0n) is 8.12. The molecule has 2 aromatic rings. The van der Waals surface area contributed by atoms with Crippen LogP contribution in [0.3, 0.4) is 0 Å². The Balaban J connectivity index is 2.87. The predicted molar refractivity (Wildman–Crippen MR) is 63.8 cm³/mol. The molecule has 5 heteroatoms. The Bertz CT molecular complexity index is 491. The molecule has 4 nitrogen and oxygen atoms in total. The molecule has 3 N–H and O–H groups in total. The van der Waals surface area contributed by atoms with E-state index >= 15 is 0 Å². The largest absolute Gasteiger partial charge is 0.496 e. The van der Waals surface area contributed by atoms with E-state index in [4.69, 9.17) is 10.6 Å². The van der Waals surface area contributed by atoms with Crippen molar-refractivity contribution in [3.8, 4) is 5.75 Å². The molecule has 0 unspecified atom stereocenters. The minimum Gasteiger partial charge on any atom is -0.496 e. The molecule has 0 aliphatic heterocycles. The first kappa shape index (κ1) is 10.2. The number of halogens is 1. The molecule has 2 rings (SSSR count). The molecule has 0 bridgehead atoms. The number of benzene rings is 1. The maximum Gasteiger partial charge on any atom is 0.130 e. The molecule has 1 heterocycles. The van der Waals surface area contributed by atoms with E-state index in [0.717, 1.165) is 26.8 Å². The maximum absolute atomic E-state index is 5.44. The lowest BCUT2D eigenvalue weighted by Crippen LogP contribution is -2.07. The standard InChI is InChI=1S/C10H10BrN3O/c1-15-8-3-2-6(11)10-9(8)7(14-12)4-5-13-10/h2-5H,12H2,1H3,(H,13,14). The van der Waals surface area contributed by atoms with E-state index < -0.39 is 0 Å². The molecule has 0 fully saturated rings. The van der Waals surface area contributed by atoms with Gasteiger partial charge in [0.1, 0.15) is 5.75 Å². The van der Waals surface area contributed by atoms with Crippen molar-refractivity contribution in [2.75, 3.05) is 12.5 Å². The Morgan fingerprint density at radius 2 is 2.20 bits per heavy atom. The van der Waals surface area contributed by atoms with Gasteiger partial charge in [0, 0.05) is 10.7 Å². The highest BCUT2D eigenvalue weighted by Gasteiger charge is 2.09. The average molecular weight is 268 g/mol. The summed E-state index contributed by atoms with van der Waals surface area (Å²) in [5, 5.41) is 0.872. The van der Waals surface area contributed by atoms with Crippen molar-refractivity contribution in [2.24, 2.45) is 5.84 Å². The first-order valence-electron chi connectivity index (χ1n) is 4.35. The monoisotopic (exact) mass is 267 g/mol. The summed E-state index contributed by atoms with van der Waals surface area (Å²) >= 11 is 3.44. The van der Waals surface area contributed by atoms with Crippen molar-refractivity contribution in [3.05, 3.63) is 28.9 Å². The van der Waals surface area contributed by atoms with Crippen LogP contribution in [-0.4, -0.2) is 12.1 Å². The van der Waals surface area contributed by atoms with Crippen molar-refractivity contribution < 1.29 is 4.74 Å². The number of rotatable bonds is 2. The lowest BCUT2D eigenvalue weighted by Gasteiger charge is -2.10.